The molecule has 0 spiro atoms. The summed E-state index contributed by atoms with van der Waals surface area (Å²) in [5, 5.41) is 0. The van der Waals surface area contributed by atoms with Crippen molar-refractivity contribution in [3.05, 3.63) is 146 Å². The van der Waals surface area contributed by atoms with Crippen LogP contribution < -0.4 is 0 Å². The van der Waals surface area contributed by atoms with E-state index < -0.39 is 6.10 Å². The van der Waals surface area contributed by atoms with Crippen LogP contribution in [0.5, 0.6) is 0 Å². The Morgan fingerprint density at radius 2 is 0.476 bits per heavy atom. The fourth-order valence-corrected chi connectivity index (χ4v) is 9.10. The van der Waals surface area contributed by atoms with Crippen molar-refractivity contribution in [2.45, 2.75) is 303 Å². The van der Waals surface area contributed by atoms with Gasteiger partial charge in [0.05, 0.1) is 0 Å². The molecule has 0 aromatic heterocycles. The van der Waals surface area contributed by atoms with Crippen LogP contribution in [0, 0.1) is 0 Å². The molecule has 1 atom stereocenters. The number of ether oxygens (including phenoxy) is 3. The van der Waals surface area contributed by atoms with Gasteiger partial charge in [0.15, 0.2) is 6.10 Å². The predicted molar refractivity (Wildman–Crippen MR) is 357 cm³/mol. The number of esters is 3. The van der Waals surface area contributed by atoms with Gasteiger partial charge in [0.25, 0.3) is 0 Å². The average molecular weight is 1130 g/mol. The van der Waals surface area contributed by atoms with Crippen LogP contribution in [-0.2, 0) is 28.6 Å². The van der Waals surface area contributed by atoms with Gasteiger partial charge in [-0.15, -0.1) is 0 Å². The third-order valence-electron chi connectivity index (χ3n) is 14.1. The topological polar surface area (TPSA) is 78.9 Å². The van der Waals surface area contributed by atoms with E-state index in [0.717, 1.165) is 141 Å². The Labute approximate surface area is 506 Å². The highest BCUT2D eigenvalue weighted by Crippen LogP contribution is 2.16. The molecule has 0 rings (SSSR count). The number of carbonyl (C=O) groups excluding carboxylic acids is 3. The van der Waals surface area contributed by atoms with Crippen molar-refractivity contribution in [2.24, 2.45) is 0 Å². The number of unbranched alkanes of at least 4 members (excludes halogenated alkanes) is 25. The molecule has 0 saturated carbocycles. The molecule has 82 heavy (non-hydrogen) atoms. The maximum atomic E-state index is 12.9. The highest BCUT2D eigenvalue weighted by Gasteiger charge is 2.19. The number of rotatable bonds is 60. The first-order valence-corrected chi connectivity index (χ1v) is 33.8. The molecule has 0 aromatic carbocycles. The Kier molecular flexibility index (Phi) is 64.8. The first-order valence-electron chi connectivity index (χ1n) is 33.8. The van der Waals surface area contributed by atoms with E-state index in [4.69, 9.17) is 14.2 Å². The van der Waals surface area contributed by atoms with Gasteiger partial charge in [0.2, 0.25) is 0 Å². The smallest absolute Gasteiger partial charge is 0.306 e. The molecular formula is C76H124O6. The van der Waals surface area contributed by atoms with E-state index in [-0.39, 0.29) is 37.5 Å². The molecule has 0 aliphatic carbocycles. The van der Waals surface area contributed by atoms with Gasteiger partial charge in [0.1, 0.15) is 13.2 Å². The second-order valence-electron chi connectivity index (χ2n) is 22.0. The Balaban J connectivity index is 4.30. The summed E-state index contributed by atoms with van der Waals surface area (Å²) >= 11 is 0. The zero-order chi connectivity index (χ0) is 59.2. The van der Waals surface area contributed by atoms with Gasteiger partial charge in [-0.3, -0.25) is 14.4 Å². The van der Waals surface area contributed by atoms with Crippen molar-refractivity contribution >= 4 is 17.9 Å². The summed E-state index contributed by atoms with van der Waals surface area (Å²) in [6.07, 6.45) is 98.7. The first-order chi connectivity index (χ1) is 40.5. The van der Waals surface area contributed by atoms with Crippen LogP contribution in [0.15, 0.2) is 146 Å². The van der Waals surface area contributed by atoms with Crippen molar-refractivity contribution in [1.29, 1.82) is 0 Å². The van der Waals surface area contributed by atoms with Crippen LogP contribution in [0.1, 0.15) is 297 Å². The number of hydrogen-bond donors (Lipinski definition) is 0. The Hall–Kier alpha value is -4.71. The van der Waals surface area contributed by atoms with E-state index in [1.54, 1.807) is 0 Å². The molecule has 6 heteroatoms. The molecule has 0 saturated heterocycles. The Morgan fingerprint density at radius 1 is 0.256 bits per heavy atom. The van der Waals surface area contributed by atoms with Gasteiger partial charge >= 0.3 is 17.9 Å². The molecule has 0 N–H and O–H groups in total. The molecule has 0 fully saturated rings. The number of carbonyl (C=O) groups is 3. The number of allylic oxidation sites excluding steroid dienone is 24. The van der Waals surface area contributed by atoms with Crippen LogP contribution >= 0.6 is 0 Å². The molecule has 0 amide bonds. The molecule has 0 heterocycles. The van der Waals surface area contributed by atoms with E-state index in [1.165, 1.54) is 116 Å². The lowest BCUT2D eigenvalue weighted by molar-refractivity contribution is -0.167. The average Bonchev–Trinajstić information content (AvgIpc) is 3.47. The van der Waals surface area contributed by atoms with Crippen molar-refractivity contribution in [3.63, 3.8) is 0 Å². The van der Waals surface area contributed by atoms with Gasteiger partial charge in [-0.1, -0.05) is 301 Å². The molecule has 0 aliphatic rings. The monoisotopic (exact) mass is 1130 g/mol. The molecule has 0 aromatic rings. The normalized spacial score (nSPS) is 13.1. The van der Waals surface area contributed by atoms with Gasteiger partial charge in [0, 0.05) is 19.3 Å². The molecule has 0 bridgehead atoms. The minimum absolute atomic E-state index is 0.0936. The zero-order valence-corrected chi connectivity index (χ0v) is 53.2. The lowest BCUT2D eigenvalue weighted by Crippen LogP contribution is -2.30. The SMILES string of the molecule is CC/C=C\C/C=C\C/C=C\C/C=C\C/C=C\C/C=C\C/C=C\CCCCCC(=O)OC(COC(=O)CCCCCCCCCCCC)COC(=O)CCCCCCCCCCCCCCC/C=C\C/C=C\C/C=C\C/C=C\C/C=C\CC. The lowest BCUT2D eigenvalue weighted by atomic mass is 10.0. The van der Waals surface area contributed by atoms with Crippen molar-refractivity contribution < 1.29 is 28.6 Å². The summed E-state index contributed by atoms with van der Waals surface area (Å²) in [4.78, 5) is 38.3. The predicted octanol–water partition coefficient (Wildman–Crippen LogP) is 23.5. The summed E-state index contributed by atoms with van der Waals surface area (Å²) in [6, 6.07) is 0. The van der Waals surface area contributed by atoms with E-state index in [0.29, 0.717) is 12.8 Å². The number of hydrogen-bond acceptors (Lipinski definition) is 6. The maximum absolute atomic E-state index is 12.9. The van der Waals surface area contributed by atoms with Gasteiger partial charge < -0.3 is 14.2 Å². The van der Waals surface area contributed by atoms with Gasteiger partial charge in [-0.25, -0.2) is 0 Å². The molecule has 6 nitrogen and oxygen atoms in total. The van der Waals surface area contributed by atoms with Crippen LogP contribution in [0.2, 0.25) is 0 Å². The fourth-order valence-electron chi connectivity index (χ4n) is 9.10. The van der Waals surface area contributed by atoms with Gasteiger partial charge in [-0.05, 0) is 122 Å². The van der Waals surface area contributed by atoms with Crippen LogP contribution in [0.4, 0.5) is 0 Å². The van der Waals surface area contributed by atoms with E-state index in [1.807, 2.05) is 0 Å². The lowest BCUT2D eigenvalue weighted by Gasteiger charge is -2.18. The largest absolute Gasteiger partial charge is 0.462 e. The molecule has 1 unspecified atom stereocenters. The van der Waals surface area contributed by atoms with E-state index in [2.05, 4.69) is 167 Å². The Morgan fingerprint density at radius 3 is 0.756 bits per heavy atom. The Bertz CT molecular complexity index is 1780. The summed E-state index contributed by atoms with van der Waals surface area (Å²) in [7, 11) is 0. The van der Waals surface area contributed by atoms with Crippen molar-refractivity contribution in [3.8, 4) is 0 Å². The highest BCUT2D eigenvalue weighted by molar-refractivity contribution is 5.71. The van der Waals surface area contributed by atoms with Crippen molar-refractivity contribution in [1.82, 2.24) is 0 Å². The minimum Gasteiger partial charge on any atom is -0.462 e. The summed E-state index contributed by atoms with van der Waals surface area (Å²) < 4.78 is 16.9. The minimum atomic E-state index is -0.801. The summed E-state index contributed by atoms with van der Waals surface area (Å²) in [5.41, 5.74) is 0. The molecule has 0 radical (unpaired) electrons. The van der Waals surface area contributed by atoms with Crippen LogP contribution in [0.3, 0.4) is 0 Å². The second-order valence-corrected chi connectivity index (χ2v) is 22.0. The quantitative estimate of drug-likeness (QED) is 0.0261. The first kappa shape index (κ1) is 77.3. The maximum Gasteiger partial charge on any atom is 0.306 e. The van der Waals surface area contributed by atoms with Gasteiger partial charge in [-0.2, -0.15) is 0 Å². The fraction of sp³-hybridized carbons (Fsp3) is 0.645. The highest BCUT2D eigenvalue weighted by atomic mass is 16.6. The molecule has 0 aliphatic heterocycles. The van der Waals surface area contributed by atoms with Crippen molar-refractivity contribution in [2.75, 3.05) is 13.2 Å². The molecular weight excluding hydrogens is 1010 g/mol. The molecule has 464 valence electrons. The summed E-state index contributed by atoms with van der Waals surface area (Å²) in [6.45, 7) is 6.38. The zero-order valence-electron chi connectivity index (χ0n) is 53.2. The van der Waals surface area contributed by atoms with E-state index >= 15 is 0 Å². The van der Waals surface area contributed by atoms with Crippen LogP contribution in [-0.4, -0.2) is 37.2 Å². The van der Waals surface area contributed by atoms with Crippen LogP contribution in [0.25, 0.3) is 0 Å². The third kappa shape index (κ3) is 66.1. The summed E-state index contributed by atoms with van der Waals surface area (Å²) in [5.74, 6) is -0.926. The third-order valence-corrected chi connectivity index (χ3v) is 14.1. The second kappa shape index (κ2) is 68.8. The standard InChI is InChI=1S/C76H124O6/c1-4-7-10-13-16-19-22-24-26-28-30-32-34-36-37-38-39-41-42-44-46-48-50-52-54-57-60-63-66-69-75(78)81-72-73(71-80-74(77)68-65-62-59-56-21-18-15-12-9-6-3)82-76(79)70-67-64-61-58-55-53-51-49-47-45-43-40-35-33-31-29-27-25-23-20-17-14-11-8-5-2/h7-8,10-11,16-17,19-20,24-27,30-33,36-37,40,43,47,49,53,55,73H,4-6,9,12-15,18,21-23,28-29,34-35,38-39,41-42,44-46,48,50-52,54,56-72H2,1-3H3/b10-7-,11-8-,19-16-,20-17-,26-24-,27-25-,32-30-,33-31-,37-36-,43-40-,49-47-,55-53-. The van der Waals surface area contributed by atoms with E-state index in [9.17, 15) is 14.4 Å².